The van der Waals surface area contributed by atoms with Crippen LogP contribution in [0.25, 0.3) is 0 Å². The van der Waals surface area contributed by atoms with Crippen LogP contribution in [0.3, 0.4) is 0 Å². The van der Waals surface area contributed by atoms with Crippen LogP contribution in [0.4, 0.5) is 24.5 Å². The highest BCUT2D eigenvalue weighted by molar-refractivity contribution is 6.31. The fourth-order valence-corrected chi connectivity index (χ4v) is 2.97. The van der Waals surface area contributed by atoms with Gasteiger partial charge in [-0.3, -0.25) is 9.78 Å². The summed E-state index contributed by atoms with van der Waals surface area (Å²) < 4.78 is 50.5. The first-order chi connectivity index (χ1) is 16.2. The number of amidine groups is 1. The fourth-order valence-electron chi connectivity index (χ4n) is 2.74. The molecule has 2 aromatic carbocycles. The number of nitrogens with one attached hydrogen (secondary N) is 2. The first-order valence-electron chi connectivity index (χ1n) is 10.0. The lowest BCUT2D eigenvalue weighted by atomic mass is 10.2. The third-order valence-corrected chi connectivity index (χ3v) is 4.63. The molecule has 0 atom stereocenters. The Morgan fingerprint density at radius 2 is 1.82 bits per heavy atom. The van der Waals surface area contributed by atoms with Crippen LogP contribution in [-0.4, -0.2) is 30.6 Å². The molecule has 0 unspecified atom stereocenters. The molecule has 0 spiro atoms. The summed E-state index contributed by atoms with van der Waals surface area (Å²) in [5, 5.41) is 4.99. The molecule has 178 valence electrons. The van der Waals surface area contributed by atoms with Gasteiger partial charge in [-0.2, -0.15) is 18.2 Å². The number of carbonyl (C=O) groups is 1. The maximum atomic E-state index is 13.1. The van der Waals surface area contributed by atoms with Gasteiger partial charge in [-0.25, -0.2) is 0 Å². The maximum absolute atomic E-state index is 13.1. The van der Waals surface area contributed by atoms with E-state index in [1.54, 1.807) is 37.3 Å². The van der Waals surface area contributed by atoms with Gasteiger partial charge in [0.15, 0.2) is 0 Å². The Kier molecular flexibility index (Phi) is 7.95. The molecular weight excluding hydrogens is 473 g/mol. The van der Waals surface area contributed by atoms with E-state index in [-0.39, 0.29) is 29.9 Å². The Hall–Kier alpha value is -3.79. The van der Waals surface area contributed by atoms with E-state index < -0.39 is 16.8 Å². The van der Waals surface area contributed by atoms with Crippen LogP contribution in [-0.2, 0) is 10.9 Å². The van der Waals surface area contributed by atoms with Gasteiger partial charge in [-0.15, -0.1) is 0 Å². The van der Waals surface area contributed by atoms with Gasteiger partial charge < -0.3 is 20.1 Å². The summed E-state index contributed by atoms with van der Waals surface area (Å²) in [5.41, 5.74) is -0.183. The number of alkyl halides is 3. The van der Waals surface area contributed by atoms with Crippen molar-refractivity contribution < 1.29 is 27.4 Å². The SMILES string of the molecule is CCO/C(=N/c1ccc(Cl)c(C(F)(F)F)c1)Nc1ccc(Oc2ccnc(C(=O)NC)c2)cc1. The molecule has 2 N–H and O–H groups in total. The predicted molar refractivity (Wildman–Crippen MR) is 123 cm³/mol. The number of rotatable bonds is 6. The van der Waals surface area contributed by atoms with Crippen molar-refractivity contribution in [3.8, 4) is 11.5 Å². The molecule has 1 heterocycles. The summed E-state index contributed by atoms with van der Waals surface area (Å²) in [7, 11) is 1.51. The highest BCUT2D eigenvalue weighted by atomic mass is 35.5. The molecule has 0 saturated heterocycles. The monoisotopic (exact) mass is 492 g/mol. The van der Waals surface area contributed by atoms with E-state index in [1.165, 1.54) is 25.4 Å². The third-order valence-electron chi connectivity index (χ3n) is 4.30. The number of ether oxygens (including phenoxy) is 2. The van der Waals surface area contributed by atoms with E-state index in [1.807, 2.05) is 0 Å². The summed E-state index contributed by atoms with van der Waals surface area (Å²) in [6, 6.07) is 13.1. The normalized spacial score (nSPS) is 11.6. The van der Waals surface area contributed by atoms with Gasteiger partial charge >= 0.3 is 6.18 Å². The molecule has 1 amide bonds. The number of aromatic nitrogens is 1. The summed E-state index contributed by atoms with van der Waals surface area (Å²) in [5.74, 6) is 0.576. The minimum absolute atomic E-state index is 0.0102. The van der Waals surface area contributed by atoms with E-state index in [4.69, 9.17) is 21.1 Å². The van der Waals surface area contributed by atoms with E-state index >= 15 is 0 Å². The Morgan fingerprint density at radius 3 is 2.47 bits per heavy atom. The highest BCUT2D eigenvalue weighted by Gasteiger charge is 2.33. The zero-order chi connectivity index (χ0) is 24.7. The quantitative estimate of drug-likeness (QED) is 0.323. The maximum Gasteiger partial charge on any atom is 0.417 e. The number of aliphatic imine (C=N–C) groups is 1. The van der Waals surface area contributed by atoms with Crippen LogP contribution in [0.15, 0.2) is 65.8 Å². The van der Waals surface area contributed by atoms with E-state index in [9.17, 15) is 18.0 Å². The smallest absolute Gasteiger partial charge is 0.417 e. The summed E-state index contributed by atoms with van der Waals surface area (Å²) in [6.07, 6.45) is -3.14. The van der Waals surface area contributed by atoms with Crippen LogP contribution < -0.4 is 15.4 Å². The first-order valence-corrected chi connectivity index (χ1v) is 10.4. The molecule has 0 aliphatic carbocycles. The Labute approximate surface area is 198 Å². The molecule has 34 heavy (non-hydrogen) atoms. The van der Waals surface area contributed by atoms with E-state index in [0.717, 1.165) is 12.1 Å². The largest absolute Gasteiger partial charge is 0.465 e. The van der Waals surface area contributed by atoms with Crippen LogP contribution in [0, 0.1) is 0 Å². The van der Waals surface area contributed by atoms with Gasteiger partial charge in [0.05, 0.1) is 22.9 Å². The van der Waals surface area contributed by atoms with Crippen LogP contribution in [0.2, 0.25) is 5.02 Å². The number of nitrogens with zero attached hydrogens (tertiary/aromatic N) is 2. The molecule has 0 bridgehead atoms. The van der Waals surface area contributed by atoms with E-state index in [2.05, 4.69) is 20.6 Å². The number of hydrogen-bond donors (Lipinski definition) is 2. The minimum atomic E-state index is -4.60. The average Bonchev–Trinajstić information content (AvgIpc) is 2.80. The predicted octanol–water partition coefficient (Wildman–Crippen LogP) is 6.04. The number of pyridine rings is 1. The second-order valence-corrected chi connectivity index (χ2v) is 7.13. The molecule has 0 aliphatic heterocycles. The van der Waals surface area contributed by atoms with Gasteiger partial charge in [0.1, 0.15) is 17.2 Å². The highest BCUT2D eigenvalue weighted by Crippen LogP contribution is 2.36. The van der Waals surface area contributed by atoms with Crippen LogP contribution in [0.5, 0.6) is 11.5 Å². The number of hydrogen-bond acceptors (Lipinski definition) is 5. The third kappa shape index (κ3) is 6.61. The van der Waals surface area contributed by atoms with Crippen LogP contribution >= 0.6 is 11.6 Å². The molecule has 0 aliphatic rings. The van der Waals surface area contributed by atoms with Crippen molar-refractivity contribution in [3.63, 3.8) is 0 Å². The lowest BCUT2D eigenvalue weighted by Gasteiger charge is -2.13. The number of amides is 1. The van der Waals surface area contributed by atoms with Gasteiger partial charge in [-0.1, -0.05) is 11.6 Å². The topological polar surface area (TPSA) is 84.8 Å². The molecule has 0 fully saturated rings. The average molecular weight is 493 g/mol. The second-order valence-electron chi connectivity index (χ2n) is 6.72. The van der Waals surface area contributed by atoms with Crippen molar-refractivity contribution in [2.24, 2.45) is 4.99 Å². The zero-order valence-corrected chi connectivity index (χ0v) is 18.9. The van der Waals surface area contributed by atoms with Crippen molar-refractivity contribution in [1.82, 2.24) is 10.3 Å². The number of anilines is 1. The second kappa shape index (κ2) is 10.9. The Balaban J connectivity index is 1.75. The van der Waals surface area contributed by atoms with Crippen molar-refractivity contribution in [3.05, 3.63) is 77.1 Å². The van der Waals surface area contributed by atoms with E-state index in [0.29, 0.717) is 17.2 Å². The van der Waals surface area contributed by atoms with Gasteiger partial charge in [0.2, 0.25) is 0 Å². The standard InChI is InChI=1S/C23H20ClF3N4O3/c1-3-33-22(31-15-6-9-19(24)18(12-15)23(25,26)27)30-14-4-7-16(8-5-14)34-17-10-11-29-20(13-17)21(32)28-2/h4-13H,3H2,1-2H3,(H,28,32)(H,30,31). The lowest BCUT2D eigenvalue weighted by Crippen LogP contribution is -2.18. The Bertz CT molecular complexity index is 1180. The van der Waals surface area contributed by atoms with Crippen LogP contribution in [0.1, 0.15) is 23.0 Å². The molecular formula is C23H20ClF3N4O3. The minimum Gasteiger partial charge on any atom is -0.465 e. The molecule has 3 aromatic rings. The fraction of sp³-hybridized carbons (Fsp3) is 0.174. The van der Waals surface area contributed by atoms with Gasteiger partial charge in [0.25, 0.3) is 11.9 Å². The molecule has 7 nitrogen and oxygen atoms in total. The summed E-state index contributed by atoms with van der Waals surface area (Å²) in [4.78, 5) is 19.8. The van der Waals surface area contributed by atoms with Crippen molar-refractivity contribution in [2.75, 3.05) is 19.0 Å². The van der Waals surface area contributed by atoms with Gasteiger partial charge in [0, 0.05) is 25.0 Å². The number of benzene rings is 2. The van der Waals surface area contributed by atoms with Crippen molar-refractivity contribution in [1.29, 1.82) is 0 Å². The lowest BCUT2D eigenvalue weighted by molar-refractivity contribution is -0.137. The molecule has 11 heteroatoms. The summed E-state index contributed by atoms with van der Waals surface area (Å²) >= 11 is 5.66. The van der Waals surface area contributed by atoms with Crippen molar-refractivity contribution >= 4 is 34.9 Å². The summed E-state index contributed by atoms with van der Waals surface area (Å²) in [6.45, 7) is 1.96. The molecule has 0 radical (unpaired) electrons. The van der Waals surface area contributed by atoms with Gasteiger partial charge in [-0.05, 0) is 55.5 Å². The van der Waals surface area contributed by atoms with Crippen molar-refractivity contribution in [2.45, 2.75) is 13.1 Å². The molecule has 1 aromatic heterocycles. The molecule has 0 saturated carbocycles. The molecule has 3 rings (SSSR count). The number of carbonyl (C=O) groups excluding carboxylic acids is 1. The zero-order valence-electron chi connectivity index (χ0n) is 18.1. The Morgan fingerprint density at radius 1 is 1.09 bits per heavy atom. The number of halogens is 4. The first kappa shape index (κ1) is 24.8.